The summed E-state index contributed by atoms with van der Waals surface area (Å²) in [7, 11) is 1.97. The summed E-state index contributed by atoms with van der Waals surface area (Å²) >= 11 is 0. The predicted molar refractivity (Wildman–Crippen MR) is 77.6 cm³/mol. The van der Waals surface area contributed by atoms with E-state index in [9.17, 15) is 0 Å². The van der Waals surface area contributed by atoms with Crippen molar-refractivity contribution < 1.29 is 0 Å². The number of aryl methyl sites for hydroxylation is 4. The van der Waals surface area contributed by atoms with Crippen molar-refractivity contribution >= 4 is 0 Å². The van der Waals surface area contributed by atoms with Gasteiger partial charge in [0.05, 0.1) is 11.7 Å². The zero-order chi connectivity index (χ0) is 14.0. The molecule has 0 aliphatic rings. The number of nitrogens with two attached hydrogens (primary N) is 1. The Bertz CT molecular complexity index is 551. The van der Waals surface area contributed by atoms with E-state index in [1.807, 2.05) is 18.7 Å². The van der Waals surface area contributed by atoms with Crippen LogP contribution in [0.1, 0.15) is 34.1 Å². The zero-order valence-corrected chi connectivity index (χ0v) is 12.1. The molecule has 0 spiro atoms. The Hall–Kier alpha value is -1.65. The average molecular weight is 258 g/mol. The highest BCUT2D eigenvalue weighted by molar-refractivity contribution is 5.31. The van der Waals surface area contributed by atoms with Gasteiger partial charge in [-0.3, -0.25) is 16.0 Å². The molecule has 0 fully saturated rings. The number of hydrazine groups is 1. The molecule has 3 N–H and O–H groups in total. The minimum absolute atomic E-state index is 0.105. The molecule has 0 bridgehead atoms. The molecule has 1 atom stereocenters. The van der Waals surface area contributed by atoms with Gasteiger partial charge in [0.15, 0.2) is 0 Å². The van der Waals surface area contributed by atoms with Crippen LogP contribution in [-0.4, -0.2) is 9.78 Å². The summed E-state index contributed by atoms with van der Waals surface area (Å²) in [5, 5.41) is 4.38. The molecule has 2 rings (SSSR count). The van der Waals surface area contributed by atoms with Crippen molar-refractivity contribution in [1.82, 2.24) is 15.2 Å². The number of hydrogen-bond donors (Lipinski definition) is 2. The van der Waals surface area contributed by atoms with Gasteiger partial charge in [0, 0.05) is 19.2 Å². The fraction of sp³-hybridized carbons (Fsp3) is 0.400. The average Bonchev–Trinajstić information content (AvgIpc) is 2.63. The number of hydrogen-bond acceptors (Lipinski definition) is 3. The predicted octanol–water partition coefficient (Wildman–Crippen LogP) is 2.09. The van der Waals surface area contributed by atoms with E-state index in [1.54, 1.807) is 0 Å². The fourth-order valence-corrected chi connectivity index (χ4v) is 2.55. The van der Waals surface area contributed by atoms with Crippen molar-refractivity contribution in [2.45, 2.75) is 33.2 Å². The Labute approximate surface area is 114 Å². The first-order valence-electron chi connectivity index (χ1n) is 6.53. The van der Waals surface area contributed by atoms with Gasteiger partial charge >= 0.3 is 0 Å². The first-order valence-corrected chi connectivity index (χ1v) is 6.53. The molecule has 1 heterocycles. The molecular weight excluding hydrogens is 236 g/mol. The van der Waals surface area contributed by atoms with E-state index < -0.39 is 0 Å². The summed E-state index contributed by atoms with van der Waals surface area (Å²) in [4.78, 5) is 0. The molecule has 0 saturated carbocycles. The van der Waals surface area contributed by atoms with E-state index in [-0.39, 0.29) is 6.04 Å². The number of rotatable bonds is 4. The van der Waals surface area contributed by atoms with Crippen molar-refractivity contribution in [2.75, 3.05) is 0 Å². The first kappa shape index (κ1) is 13.8. The Balaban J connectivity index is 2.27. The smallest absolute Gasteiger partial charge is 0.0596 e. The Morgan fingerprint density at radius 3 is 2.26 bits per heavy atom. The minimum Gasteiger partial charge on any atom is -0.272 e. The van der Waals surface area contributed by atoms with E-state index >= 15 is 0 Å². The van der Waals surface area contributed by atoms with Gasteiger partial charge in [-0.15, -0.1) is 0 Å². The zero-order valence-electron chi connectivity index (χ0n) is 12.1. The molecule has 0 aliphatic carbocycles. The summed E-state index contributed by atoms with van der Waals surface area (Å²) in [6.45, 7) is 6.22. The quantitative estimate of drug-likeness (QED) is 0.652. The van der Waals surface area contributed by atoms with E-state index in [0.717, 1.165) is 12.1 Å². The molecule has 0 amide bonds. The van der Waals surface area contributed by atoms with Crippen LogP contribution in [0, 0.1) is 20.8 Å². The van der Waals surface area contributed by atoms with Crippen molar-refractivity contribution in [1.29, 1.82) is 0 Å². The van der Waals surface area contributed by atoms with Gasteiger partial charge in [0.1, 0.15) is 0 Å². The van der Waals surface area contributed by atoms with Gasteiger partial charge < -0.3 is 0 Å². The topological polar surface area (TPSA) is 55.9 Å². The maximum atomic E-state index is 5.73. The molecule has 1 aromatic carbocycles. The van der Waals surface area contributed by atoms with Gasteiger partial charge in [-0.1, -0.05) is 29.3 Å². The van der Waals surface area contributed by atoms with E-state index in [4.69, 9.17) is 5.84 Å². The number of nitrogens with one attached hydrogen (secondary N) is 1. The van der Waals surface area contributed by atoms with Crippen LogP contribution in [0.15, 0.2) is 24.3 Å². The number of aromatic nitrogens is 2. The van der Waals surface area contributed by atoms with Gasteiger partial charge in [0.2, 0.25) is 0 Å². The van der Waals surface area contributed by atoms with Crippen molar-refractivity contribution in [3.05, 3.63) is 52.3 Å². The molecule has 19 heavy (non-hydrogen) atoms. The van der Waals surface area contributed by atoms with Crippen LogP contribution < -0.4 is 11.3 Å². The third-order valence-corrected chi connectivity index (χ3v) is 3.36. The van der Waals surface area contributed by atoms with Crippen LogP contribution in [0.4, 0.5) is 0 Å². The van der Waals surface area contributed by atoms with E-state index in [0.29, 0.717) is 0 Å². The lowest BCUT2D eigenvalue weighted by Gasteiger charge is -2.17. The molecule has 4 heteroatoms. The van der Waals surface area contributed by atoms with Crippen LogP contribution in [0.3, 0.4) is 0 Å². The highest BCUT2D eigenvalue weighted by atomic mass is 15.3. The molecule has 1 aromatic heterocycles. The van der Waals surface area contributed by atoms with E-state index in [2.05, 4.69) is 48.6 Å². The standard InChI is InChI=1S/C15H22N4/c1-10-5-11(2)7-13(6-10)15(17-16)9-14-8-12(3)18-19(14)4/h5-8,15,17H,9,16H2,1-4H3. The third-order valence-electron chi connectivity index (χ3n) is 3.36. The van der Waals surface area contributed by atoms with Crippen LogP contribution in [0.25, 0.3) is 0 Å². The highest BCUT2D eigenvalue weighted by Gasteiger charge is 2.14. The van der Waals surface area contributed by atoms with Crippen molar-refractivity contribution in [2.24, 2.45) is 12.9 Å². The molecule has 0 radical (unpaired) electrons. The van der Waals surface area contributed by atoms with E-state index in [1.165, 1.54) is 22.4 Å². The largest absolute Gasteiger partial charge is 0.272 e. The molecule has 1 unspecified atom stereocenters. The second-order valence-electron chi connectivity index (χ2n) is 5.25. The van der Waals surface area contributed by atoms with Gasteiger partial charge in [-0.05, 0) is 32.4 Å². The molecule has 2 aromatic rings. The van der Waals surface area contributed by atoms with Crippen LogP contribution >= 0.6 is 0 Å². The Kier molecular flexibility index (Phi) is 4.02. The normalized spacial score (nSPS) is 12.7. The summed E-state index contributed by atoms with van der Waals surface area (Å²) in [5.74, 6) is 5.73. The van der Waals surface area contributed by atoms with Crippen molar-refractivity contribution in [3.8, 4) is 0 Å². The molecular formula is C15H22N4. The maximum absolute atomic E-state index is 5.73. The third kappa shape index (κ3) is 3.22. The SMILES string of the molecule is Cc1cc(C)cc(C(Cc2cc(C)nn2C)NN)c1. The number of benzene rings is 1. The van der Waals surface area contributed by atoms with Crippen molar-refractivity contribution in [3.63, 3.8) is 0 Å². The lowest BCUT2D eigenvalue weighted by Crippen LogP contribution is -2.30. The van der Waals surface area contributed by atoms with Gasteiger partial charge in [-0.25, -0.2) is 0 Å². The van der Waals surface area contributed by atoms with Crippen LogP contribution in [-0.2, 0) is 13.5 Å². The number of nitrogens with zero attached hydrogens (tertiary/aromatic N) is 2. The Morgan fingerprint density at radius 1 is 1.16 bits per heavy atom. The first-order chi connectivity index (χ1) is 8.99. The summed E-state index contributed by atoms with van der Waals surface area (Å²) in [6.07, 6.45) is 0.830. The summed E-state index contributed by atoms with van der Waals surface area (Å²) in [6, 6.07) is 8.74. The lowest BCUT2D eigenvalue weighted by molar-refractivity contribution is 0.529. The minimum atomic E-state index is 0.105. The van der Waals surface area contributed by atoms with Gasteiger partial charge in [-0.2, -0.15) is 5.10 Å². The van der Waals surface area contributed by atoms with Gasteiger partial charge in [0.25, 0.3) is 0 Å². The molecule has 4 nitrogen and oxygen atoms in total. The van der Waals surface area contributed by atoms with Crippen LogP contribution in [0.2, 0.25) is 0 Å². The monoisotopic (exact) mass is 258 g/mol. The summed E-state index contributed by atoms with van der Waals surface area (Å²) in [5.41, 5.74) is 8.88. The lowest BCUT2D eigenvalue weighted by atomic mass is 9.98. The second kappa shape index (κ2) is 5.55. The molecule has 102 valence electrons. The van der Waals surface area contributed by atoms with Crippen LogP contribution in [0.5, 0.6) is 0 Å². The highest BCUT2D eigenvalue weighted by Crippen LogP contribution is 2.20. The molecule has 0 aliphatic heterocycles. The second-order valence-corrected chi connectivity index (χ2v) is 5.25. The molecule has 0 saturated heterocycles. The fourth-order valence-electron chi connectivity index (χ4n) is 2.55. The Morgan fingerprint density at radius 2 is 1.79 bits per heavy atom. The maximum Gasteiger partial charge on any atom is 0.0596 e. The summed E-state index contributed by atoms with van der Waals surface area (Å²) < 4.78 is 1.92.